The Morgan fingerprint density at radius 1 is 1.46 bits per heavy atom. The zero-order valence-electron chi connectivity index (χ0n) is 8.71. The maximum Gasteiger partial charge on any atom is 0.0619 e. The summed E-state index contributed by atoms with van der Waals surface area (Å²) in [6.07, 6.45) is 3.66. The largest absolute Gasteiger partial charge is 0.381 e. The van der Waals surface area contributed by atoms with Crippen molar-refractivity contribution in [2.24, 2.45) is 0 Å². The van der Waals surface area contributed by atoms with Gasteiger partial charge in [0.1, 0.15) is 0 Å². The van der Waals surface area contributed by atoms with Gasteiger partial charge in [-0.15, -0.1) is 0 Å². The Bertz CT molecular complexity index is 124. The fraction of sp³-hybridized carbons (Fsp3) is 1.00. The first kappa shape index (κ1) is 11.0. The van der Waals surface area contributed by atoms with Crippen LogP contribution in [0.15, 0.2) is 0 Å². The van der Waals surface area contributed by atoms with Gasteiger partial charge in [-0.2, -0.15) is 0 Å². The number of hydrogen-bond acceptors (Lipinski definition) is 3. The fourth-order valence-electron chi connectivity index (χ4n) is 1.40. The molecule has 1 unspecified atom stereocenters. The molecule has 1 saturated heterocycles. The van der Waals surface area contributed by atoms with Gasteiger partial charge in [0.25, 0.3) is 0 Å². The van der Waals surface area contributed by atoms with Crippen molar-refractivity contribution in [3.63, 3.8) is 0 Å². The number of nitrogens with one attached hydrogen (secondary N) is 1. The third-order valence-electron chi connectivity index (χ3n) is 2.57. The molecular weight excluding hydrogens is 166 g/mol. The molecule has 0 aromatic heterocycles. The maximum atomic E-state index is 5.74. The van der Waals surface area contributed by atoms with Gasteiger partial charge >= 0.3 is 0 Å². The van der Waals surface area contributed by atoms with Crippen molar-refractivity contribution in [2.75, 3.05) is 26.9 Å². The van der Waals surface area contributed by atoms with Crippen molar-refractivity contribution in [1.29, 1.82) is 0 Å². The summed E-state index contributed by atoms with van der Waals surface area (Å²) in [6.45, 7) is 4.78. The Kier molecular flexibility index (Phi) is 5.35. The molecule has 0 radical (unpaired) electrons. The van der Waals surface area contributed by atoms with E-state index in [2.05, 4.69) is 12.2 Å². The van der Waals surface area contributed by atoms with E-state index in [0.717, 1.165) is 39.1 Å². The Balaban J connectivity index is 1.98. The molecule has 1 fully saturated rings. The van der Waals surface area contributed by atoms with Crippen molar-refractivity contribution in [2.45, 2.75) is 38.3 Å². The first-order valence-electron chi connectivity index (χ1n) is 5.19. The molecule has 78 valence electrons. The summed E-state index contributed by atoms with van der Waals surface area (Å²) in [5, 5.41) is 3.20. The van der Waals surface area contributed by atoms with Crippen molar-refractivity contribution < 1.29 is 9.47 Å². The van der Waals surface area contributed by atoms with Crippen molar-refractivity contribution in [3.05, 3.63) is 0 Å². The van der Waals surface area contributed by atoms with E-state index in [1.165, 1.54) is 0 Å². The van der Waals surface area contributed by atoms with Crippen molar-refractivity contribution >= 4 is 0 Å². The van der Waals surface area contributed by atoms with Crippen LogP contribution in [0.3, 0.4) is 0 Å². The van der Waals surface area contributed by atoms with E-state index in [9.17, 15) is 0 Å². The molecule has 1 N–H and O–H groups in total. The SMILES string of the molecule is CNC(C)CCOC1CCOCC1. The lowest BCUT2D eigenvalue weighted by Crippen LogP contribution is -2.27. The minimum atomic E-state index is 0.442. The van der Waals surface area contributed by atoms with Crippen LogP contribution in [0.1, 0.15) is 26.2 Å². The molecule has 0 aliphatic carbocycles. The van der Waals surface area contributed by atoms with E-state index in [4.69, 9.17) is 9.47 Å². The predicted octanol–water partition coefficient (Wildman–Crippen LogP) is 1.18. The summed E-state index contributed by atoms with van der Waals surface area (Å²) in [5.41, 5.74) is 0. The molecule has 1 aliphatic heterocycles. The lowest BCUT2D eigenvalue weighted by Gasteiger charge is -2.23. The summed E-state index contributed by atoms with van der Waals surface area (Å²) in [4.78, 5) is 0. The number of ether oxygens (including phenoxy) is 2. The van der Waals surface area contributed by atoms with E-state index in [0.29, 0.717) is 12.1 Å². The molecule has 0 amide bonds. The Hall–Kier alpha value is -0.120. The van der Waals surface area contributed by atoms with Crippen LogP contribution in [0.25, 0.3) is 0 Å². The van der Waals surface area contributed by atoms with E-state index in [-0.39, 0.29) is 0 Å². The summed E-state index contributed by atoms with van der Waals surface area (Å²) < 4.78 is 11.0. The molecule has 13 heavy (non-hydrogen) atoms. The van der Waals surface area contributed by atoms with Gasteiger partial charge in [0, 0.05) is 25.9 Å². The van der Waals surface area contributed by atoms with Crippen LogP contribution in [0.4, 0.5) is 0 Å². The van der Waals surface area contributed by atoms with Crippen molar-refractivity contribution in [3.8, 4) is 0 Å². The van der Waals surface area contributed by atoms with E-state index in [1.807, 2.05) is 7.05 Å². The van der Waals surface area contributed by atoms with Gasteiger partial charge in [0.15, 0.2) is 0 Å². The summed E-state index contributed by atoms with van der Waals surface area (Å²) in [5.74, 6) is 0. The second-order valence-electron chi connectivity index (χ2n) is 3.66. The molecule has 0 spiro atoms. The zero-order valence-corrected chi connectivity index (χ0v) is 8.71. The fourth-order valence-corrected chi connectivity index (χ4v) is 1.40. The highest BCUT2D eigenvalue weighted by atomic mass is 16.5. The van der Waals surface area contributed by atoms with Crippen LogP contribution in [0.2, 0.25) is 0 Å². The predicted molar refractivity (Wildman–Crippen MR) is 52.9 cm³/mol. The Morgan fingerprint density at radius 2 is 2.15 bits per heavy atom. The van der Waals surface area contributed by atoms with Crippen LogP contribution in [-0.2, 0) is 9.47 Å². The topological polar surface area (TPSA) is 30.5 Å². The lowest BCUT2D eigenvalue weighted by atomic mass is 10.1. The Labute approximate surface area is 80.8 Å². The minimum absolute atomic E-state index is 0.442. The van der Waals surface area contributed by atoms with E-state index in [1.54, 1.807) is 0 Å². The van der Waals surface area contributed by atoms with Gasteiger partial charge in [-0.3, -0.25) is 0 Å². The highest BCUT2D eigenvalue weighted by Gasteiger charge is 2.13. The van der Waals surface area contributed by atoms with E-state index < -0.39 is 0 Å². The average molecular weight is 187 g/mol. The molecule has 1 rings (SSSR count). The minimum Gasteiger partial charge on any atom is -0.381 e. The maximum absolute atomic E-state index is 5.74. The highest BCUT2D eigenvalue weighted by molar-refractivity contribution is 4.63. The molecule has 1 heterocycles. The van der Waals surface area contributed by atoms with E-state index >= 15 is 0 Å². The van der Waals surface area contributed by atoms with Crippen LogP contribution < -0.4 is 5.32 Å². The second-order valence-corrected chi connectivity index (χ2v) is 3.66. The smallest absolute Gasteiger partial charge is 0.0619 e. The zero-order chi connectivity index (χ0) is 9.52. The van der Waals surface area contributed by atoms with Crippen LogP contribution in [0.5, 0.6) is 0 Å². The monoisotopic (exact) mass is 187 g/mol. The van der Waals surface area contributed by atoms with Crippen LogP contribution >= 0.6 is 0 Å². The van der Waals surface area contributed by atoms with Gasteiger partial charge in [-0.05, 0) is 33.2 Å². The van der Waals surface area contributed by atoms with Crippen LogP contribution in [-0.4, -0.2) is 39.0 Å². The highest BCUT2D eigenvalue weighted by Crippen LogP contribution is 2.10. The number of hydrogen-bond donors (Lipinski definition) is 1. The normalized spacial score (nSPS) is 21.7. The molecule has 3 heteroatoms. The first-order chi connectivity index (χ1) is 6.33. The first-order valence-corrected chi connectivity index (χ1v) is 5.19. The summed E-state index contributed by atoms with van der Waals surface area (Å²) in [7, 11) is 1.99. The third-order valence-corrected chi connectivity index (χ3v) is 2.57. The third kappa shape index (κ3) is 4.60. The molecule has 0 aromatic rings. The molecule has 0 bridgehead atoms. The quantitative estimate of drug-likeness (QED) is 0.701. The second kappa shape index (κ2) is 6.35. The van der Waals surface area contributed by atoms with Gasteiger partial charge in [0.05, 0.1) is 6.10 Å². The molecule has 1 atom stereocenters. The van der Waals surface area contributed by atoms with Gasteiger partial charge in [-0.1, -0.05) is 0 Å². The van der Waals surface area contributed by atoms with Crippen molar-refractivity contribution in [1.82, 2.24) is 5.32 Å². The molecule has 0 saturated carbocycles. The summed E-state index contributed by atoms with van der Waals surface area (Å²) >= 11 is 0. The molecule has 1 aliphatic rings. The average Bonchev–Trinajstić information content (AvgIpc) is 2.19. The summed E-state index contributed by atoms with van der Waals surface area (Å²) in [6, 6.07) is 0.555. The Morgan fingerprint density at radius 3 is 2.77 bits per heavy atom. The van der Waals surface area contributed by atoms with Gasteiger partial charge < -0.3 is 14.8 Å². The molecule has 3 nitrogen and oxygen atoms in total. The molecule has 0 aromatic carbocycles. The van der Waals surface area contributed by atoms with Gasteiger partial charge in [-0.25, -0.2) is 0 Å². The molecular formula is C10H21NO2. The number of rotatable bonds is 5. The van der Waals surface area contributed by atoms with Gasteiger partial charge in [0.2, 0.25) is 0 Å². The lowest BCUT2D eigenvalue weighted by molar-refractivity contribution is -0.0335. The van der Waals surface area contributed by atoms with Crippen LogP contribution in [0, 0.1) is 0 Å². The standard InChI is InChI=1S/C10H21NO2/c1-9(11-2)3-8-13-10-4-6-12-7-5-10/h9-11H,3-8H2,1-2H3.